The number of ether oxygens (including phenoxy) is 1. The van der Waals surface area contributed by atoms with Crippen molar-refractivity contribution in [1.29, 1.82) is 0 Å². The number of hydrogen-bond donors (Lipinski definition) is 2. The molecule has 1 aromatic heterocycles. The highest BCUT2D eigenvalue weighted by Gasteiger charge is 2.09. The van der Waals surface area contributed by atoms with Gasteiger partial charge in [-0.1, -0.05) is 23.7 Å². The highest BCUT2D eigenvalue weighted by molar-refractivity contribution is 6.30. The Morgan fingerprint density at radius 3 is 2.67 bits per heavy atom. The fraction of sp³-hybridized carbons (Fsp3) is 0.526. The van der Waals surface area contributed by atoms with Gasteiger partial charge in [-0.15, -0.1) is 10.2 Å². The van der Waals surface area contributed by atoms with Crippen molar-refractivity contribution in [3.05, 3.63) is 46.5 Å². The maximum absolute atomic E-state index is 5.98. The van der Waals surface area contributed by atoms with E-state index in [1.54, 1.807) is 0 Å². The lowest BCUT2D eigenvalue weighted by Crippen LogP contribution is -2.39. The van der Waals surface area contributed by atoms with E-state index >= 15 is 0 Å². The maximum atomic E-state index is 5.98. The van der Waals surface area contributed by atoms with Gasteiger partial charge in [-0.3, -0.25) is 0 Å². The summed E-state index contributed by atoms with van der Waals surface area (Å²) in [6.45, 7) is 8.70. The summed E-state index contributed by atoms with van der Waals surface area (Å²) in [4.78, 5) is 4.67. The Balaban J connectivity index is 2.02. The summed E-state index contributed by atoms with van der Waals surface area (Å²) in [5.74, 6) is 2.42. The Kier molecular flexibility index (Phi) is 8.54. The molecule has 0 saturated carbocycles. The van der Waals surface area contributed by atoms with E-state index in [4.69, 9.17) is 16.3 Å². The molecule has 0 amide bonds. The molecule has 0 bridgehead atoms. The van der Waals surface area contributed by atoms with Crippen LogP contribution in [0.2, 0.25) is 5.02 Å². The SMILES string of the molecule is CCOCCCNC(=NCc1nnc(C)n1C)NC(C)c1ccc(Cl)cc1. The van der Waals surface area contributed by atoms with Gasteiger partial charge in [-0.2, -0.15) is 0 Å². The molecule has 0 spiro atoms. The molecule has 1 atom stereocenters. The number of halogens is 1. The van der Waals surface area contributed by atoms with Gasteiger partial charge < -0.3 is 19.9 Å². The Bertz CT molecular complexity index is 728. The molecule has 0 aliphatic carbocycles. The van der Waals surface area contributed by atoms with Crippen LogP contribution in [0.15, 0.2) is 29.3 Å². The molecular weight excluding hydrogens is 364 g/mol. The van der Waals surface area contributed by atoms with Crippen molar-refractivity contribution in [2.24, 2.45) is 12.0 Å². The predicted molar refractivity (Wildman–Crippen MR) is 109 cm³/mol. The third kappa shape index (κ3) is 6.84. The quantitative estimate of drug-likeness (QED) is 0.389. The lowest BCUT2D eigenvalue weighted by molar-refractivity contribution is 0.145. The first-order valence-electron chi connectivity index (χ1n) is 9.24. The van der Waals surface area contributed by atoms with Crippen molar-refractivity contribution >= 4 is 17.6 Å². The van der Waals surface area contributed by atoms with Crippen LogP contribution in [0.3, 0.4) is 0 Å². The predicted octanol–water partition coefficient (Wildman–Crippen LogP) is 3.00. The number of nitrogens with zero attached hydrogens (tertiary/aromatic N) is 4. The van der Waals surface area contributed by atoms with Gasteiger partial charge in [0.25, 0.3) is 0 Å². The fourth-order valence-electron chi connectivity index (χ4n) is 2.46. The molecule has 1 aromatic carbocycles. The molecule has 7 nitrogen and oxygen atoms in total. The van der Waals surface area contributed by atoms with E-state index < -0.39 is 0 Å². The minimum Gasteiger partial charge on any atom is -0.382 e. The zero-order valence-corrected chi connectivity index (χ0v) is 17.3. The molecule has 1 unspecified atom stereocenters. The van der Waals surface area contributed by atoms with E-state index in [-0.39, 0.29) is 6.04 Å². The number of guanidine groups is 1. The fourth-order valence-corrected chi connectivity index (χ4v) is 2.58. The number of hydrogen-bond acceptors (Lipinski definition) is 4. The Labute approximate surface area is 166 Å². The maximum Gasteiger partial charge on any atom is 0.192 e. The third-order valence-electron chi connectivity index (χ3n) is 4.25. The molecule has 2 N–H and O–H groups in total. The summed E-state index contributed by atoms with van der Waals surface area (Å²) in [6, 6.07) is 7.90. The van der Waals surface area contributed by atoms with E-state index in [1.165, 1.54) is 0 Å². The van der Waals surface area contributed by atoms with Crippen molar-refractivity contribution in [2.45, 2.75) is 39.8 Å². The van der Waals surface area contributed by atoms with E-state index in [9.17, 15) is 0 Å². The van der Waals surface area contributed by atoms with E-state index in [0.717, 1.165) is 54.4 Å². The van der Waals surface area contributed by atoms with E-state index in [1.807, 2.05) is 49.7 Å². The summed E-state index contributed by atoms with van der Waals surface area (Å²) in [7, 11) is 1.94. The summed E-state index contributed by atoms with van der Waals surface area (Å²) in [5, 5.41) is 15.8. The lowest BCUT2D eigenvalue weighted by Gasteiger charge is -2.19. The Morgan fingerprint density at radius 1 is 1.30 bits per heavy atom. The van der Waals surface area contributed by atoms with Gasteiger partial charge in [0, 0.05) is 31.8 Å². The molecule has 0 aliphatic rings. The first-order chi connectivity index (χ1) is 13.0. The summed E-state index contributed by atoms with van der Waals surface area (Å²) < 4.78 is 7.33. The van der Waals surface area contributed by atoms with Crippen molar-refractivity contribution in [2.75, 3.05) is 19.8 Å². The molecular formula is C19H29ClN6O. The van der Waals surface area contributed by atoms with Crippen molar-refractivity contribution in [3.63, 3.8) is 0 Å². The molecule has 8 heteroatoms. The van der Waals surface area contributed by atoms with Crippen LogP contribution in [0.25, 0.3) is 0 Å². The second-order valence-electron chi connectivity index (χ2n) is 6.28. The molecule has 2 rings (SSSR count). The van der Waals surface area contributed by atoms with Gasteiger partial charge in [0.2, 0.25) is 0 Å². The first kappa shape index (κ1) is 21.2. The molecule has 0 aliphatic heterocycles. The van der Waals surface area contributed by atoms with Crippen LogP contribution in [-0.2, 0) is 18.3 Å². The average Bonchev–Trinajstić information content (AvgIpc) is 2.98. The van der Waals surface area contributed by atoms with Crippen LogP contribution in [0.5, 0.6) is 0 Å². The zero-order valence-electron chi connectivity index (χ0n) is 16.5. The van der Waals surface area contributed by atoms with Crippen molar-refractivity contribution in [3.8, 4) is 0 Å². The molecule has 2 aromatic rings. The highest BCUT2D eigenvalue weighted by atomic mass is 35.5. The molecule has 0 saturated heterocycles. The van der Waals surface area contributed by atoms with Gasteiger partial charge in [-0.25, -0.2) is 4.99 Å². The number of aliphatic imine (C=N–C) groups is 1. The second kappa shape index (κ2) is 10.9. The monoisotopic (exact) mass is 392 g/mol. The van der Waals surface area contributed by atoms with Gasteiger partial charge in [0.15, 0.2) is 11.8 Å². The van der Waals surface area contributed by atoms with Gasteiger partial charge in [-0.05, 0) is 44.9 Å². The topological polar surface area (TPSA) is 76.4 Å². The number of aromatic nitrogens is 3. The highest BCUT2D eigenvalue weighted by Crippen LogP contribution is 2.16. The van der Waals surface area contributed by atoms with Gasteiger partial charge >= 0.3 is 0 Å². The standard InChI is InChI=1S/C19H29ClN6O/c1-5-27-12-6-11-21-19(22-13-18-25-24-15(3)26(18)4)23-14(2)16-7-9-17(20)10-8-16/h7-10,14H,5-6,11-13H2,1-4H3,(H2,21,22,23). The summed E-state index contributed by atoms with van der Waals surface area (Å²) in [6.07, 6.45) is 0.910. The Morgan fingerprint density at radius 2 is 2.04 bits per heavy atom. The summed E-state index contributed by atoms with van der Waals surface area (Å²) >= 11 is 5.98. The van der Waals surface area contributed by atoms with Crippen LogP contribution in [-0.4, -0.2) is 40.5 Å². The minimum atomic E-state index is 0.0849. The van der Waals surface area contributed by atoms with Crippen LogP contribution in [0.4, 0.5) is 0 Å². The smallest absolute Gasteiger partial charge is 0.192 e. The number of aryl methyl sites for hydroxylation is 1. The van der Waals surface area contributed by atoms with Crippen LogP contribution in [0.1, 0.15) is 43.5 Å². The van der Waals surface area contributed by atoms with E-state index in [2.05, 4.69) is 32.7 Å². The number of nitrogens with one attached hydrogen (secondary N) is 2. The third-order valence-corrected chi connectivity index (χ3v) is 4.50. The van der Waals surface area contributed by atoms with E-state index in [0.29, 0.717) is 6.54 Å². The lowest BCUT2D eigenvalue weighted by atomic mass is 10.1. The molecule has 0 radical (unpaired) electrons. The van der Waals surface area contributed by atoms with Gasteiger partial charge in [0.1, 0.15) is 12.4 Å². The van der Waals surface area contributed by atoms with Crippen LogP contribution < -0.4 is 10.6 Å². The minimum absolute atomic E-state index is 0.0849. The Hall–Kier alpha value is -2.12. The van der Waals surface area contributed by atoms with Crippen LogP contribution in [0, 0.1) is 6.92 Å². The molecule has 148 valence electrons. The van der Waals surface area contributed by atoms with Crippen LogP contribution >= 0.6 is 11.6 Å². The van der Waals surface area contributed by atoms with Crippen molar-refractivity contribution in [1.82, 2.24) is 25.4 Å². The zero-order chi connectivity index (χ0) is 19.6. The first-order valence-corrected chi connectivity index (χ1v) is 9.62. The number of rotatable bonds is 9. The largest absolute Gasteiger partial charge is 0.382 e. The average molecular weight is 393 g/mol. The van der Waals surface area contributed by atoms with Crippen molar-refractivity contribution < 1.29 is 4.74 Å². The molecule has 27 heavy (non-hydrogen) atoms. The molecule has 0 fully saturated rings. The summed E-state index contributed by atoms with van der Waals surface area (Å²) in [5.41, 5.74) is 1.14. The number of benzene rings is 1. The van der Waals surface area contributed by atoms with Gasteiger partial charge in [0.05, 0.1) is 6.04 Å². The second-order valence-corrected chi connectivity index (χ2v) is 6.72. The molecule has 1 heterocycles. The normalized spacial score (nSPS) is 12.9.